The number of ether oxygens (including phenoxy) is 1. The zero-order chi connectivity index (χ0) is 28.8. The van der Waals surface area contributed by atoms with Crippen LogP contribution in [0.15, 0.2) is 18.2 Å². The maximum Gasteiger partial charge on any atom is 0.469 e. The lowest BCUT2D eigenvalue weighted by Crippen LogP contribution is -2.36. The second-order valence-corrected chi connectivity index (χ2v) is 11.4. The van der Waals surface area contributed by atoms with E-state index in [2.05, 4.69) is 16.8 Å². The Morgan fingerprint density at radius 3 is 2.00 bits per heavy atom. The fraction of sp³-hybridized carbons (Fsp3) is 0.724. The molecule has 0 aromatic heterocycles. The third-order valence-corrected chi connectivity index (χ3v) is 7.02. The number of hydrogen-bond donors (Lipinski definition) is 3. The fourth-order valence-electron chi connectivity index (χ4n) is 4.33. The van der Waals surface area contributed by atoms with Gasteiger partial charge in [-0.15, -0.1) is 0 Å². The average Bonchev–Trinajstić information content (AvgIpc) is 2.89. The number of benzene rings is 1. The van der Waals surface area contributed by atoms with E-state index in [4.69, 9.17) is 19.8 Å². The fourth-order valence-corrected chi connectivity index (χ4v) is 4.69. The highest BCUT2D eigenvalue weighted by Gasteiger charge is 2.20. The number of halogens is 1. The first-order valence-electron chi connectivity index (χ1n) is 14.5. The highest BCUT2D eigenvalue weighted by atomic mass is 31.2. The number of phosphoric ester groups is 1. The molecule has 10 heteroatoms. The van der Waals surface area contributed by atoms with Crippen LogP contribution in [0.4, 0.5) is 4.39 Å². The summed E-state index contributed by atoms with van der Waals surface area (Å²) < 4.78 is 34.9. The van der Waals surface area contributed by atoms with Crippen LogP contribution in [0.2, 0.25) is 0 Å². The van der Waals surface area contributed by atoms with Gasteiger partial charge in [-0.3, -0.25) is 9.32 Å². The Morgan fingerprint density at radius 1 is 0.949 bits per heavy atom. The van der Waals surface area contributed by atoms with Gasteiger partial charge in [0.2, 0.25) is 5.91 Å². The second kappa shape index (κ2) is 21.9. The molecule has 222 valence electrons. The number of carbonyl (C=O) groups excluding carboxylic acids is 1. The number of nitrogens with one attached hydrogen (secondary N) is 1. The van der Waals surface area contributed by atoms with Gasteiger partial charge >= 0.3 is 7.82 Å². The molecule has 1 aromatic rings. The summed E-state index contributed by atoms with van der Waals surface area (Å²) in [5.41, 5.74) is 0.519. The van der Waals surface area contributed by atoms with Crippen LogP contribution in [-0.2, 0) is 25.2 Å². The van der Waals surface area contributed by atoms with E-state index in [9.17, 15) is 13.8 Å². The van der Waals surface area contributed by atoms with Crippen molar-refractivity contribution in [1.82, 2.24) is 5.32 Å². The smallest absolute Gasteiger partial charge is 0.369 e. The summed E-state index contributed by atoms with van der Waals surface area (Å²) >= 11 is 0. The Kier molecular flexibility index (Phi) is 19.8. The maximum atomic E-state index is 13.6. The number of carbonyl (C=O) groups is 1. The summed E-state index contributed by atoms with van der Waals surface area (Å²) in [5, 5.41) is 11.7. The Hall–Kier alpha value is -1.82. The normalized spacial score (nSPS) is 12.3. The van der Waals surface area contributed by atoms with Gasteiger partial charge in [-0.2, -0.15) is 5.26 Å². The molecule has 0 unspecified atom stereocenters. The summed E-state index contributed by atoms with van der Waals surface area (Å²) in [7, 11) is -4.73. The van der Waals surface area contributed by atoms with Crippen LogP contribution >= 0.6 is 7.82 Å². The first-order valence-corrected chi connectivity index (χ1v) is 16.0. The molecule has 1 aromatic carbocycles. The summed E-state index contributed by atoms with van der Waals surface area (Å²) in [6.45, 7) is 1.66. The molecule has 3 N–H and O–H groups in total. The second-order valence-electron chi connectivity index (χ2n) is 10.2. The van der Waals surface area contributed by atoms with Gasteiger partial charge < -0.3 is 19.8 Å². The summed E-state index contributed by atoms with van der Waals surface area (Å²) in [6, 6.07) is 5.61. The van der Waals surface area contributed by atoms with E-state index >= 15 is 0 Å². The molecule has 1 amide bonds. The molecule has 0 saturated heterocycles. The van der Waals surface area contributed by atoms with Crippen LogP contribution in [0.5, 0.6) is 0 Å². The molecule has 0 aliphatic rings. The van der Waals surface area contributed by atoms with Gasteiger partial charge in [-0.25, -0.2) is 8.96 Å². The number of hydrogen-bond acceptors (Lipinski definition) is 5. The first kappa shape index (κ1) is 35.2. The standard InChI is InChI=1S/C29H48FN2O6P/c1-2-3-4-5-6-7-8-9-10-11-12-13-14-15-16-17-29(33)32-22-28(24-38-39(34,35)36)37-23-26-18-25(21-31)19-27(30)20-26/h18-20,28H,2-17,22-24H2,1H3,(H,32,33)(H2,34,35,36)/t28-/m1/s1. The predicted molar refractivity (Wildman–Crippen MR) is 150 cm³/mol. The van der Waals surface area contributed by atoms with Crippen molar-refractivity contribution in [2.75, 3.05) is 13.2 Å². The van der Waals surface area contributed by atoms with Crippen LogP contribution in [0.1, 0.15) is 121 Å². The van der Waals surface area contributed by atoms with E-state index in [0.29, 0.717) is 12.0 Å². The number of nitrogens with zero attached hydrogens (tertiary/aromatic N) is 1. The van der Waals surface area contributed by atoms with Crippen LogP contribution in [0.3, 0.4) is 0 Å². The molecule has 1 atom stereocenters. The lowest BCUT2D eigenvalue weighted by molar-refractivity contribution is -0.122. The van der Waals surface area contributed by atoms with Crippen LogP contribution in [0, 0.1) is 17.1 Å². The summed E-state index contributed by atoms with van der Waals surface area (Å²) in [6.07, 6.45) is 18.2. The minimum absolute atomic E-state index is 0.0159. The van der Waals surface area contributed by atoms with Gasteiger partial charge in [0.05, 0.1) is 31.0 Å². The molecule has 39 heavy (non-hydrogen) atoms. The summed E-state index contributed by atoms with van der Waals surface area (Å²) in [4.78, 5) is 30.2. The van der Waals surface area contributed by atoms with Crippen LogP contribution in [0.25, 0.3) is 0 Å². The van der Waals surface area contributed by atoms with E-state index < -0.39 is 26.4 Å². The van der Waals surface area contributed by atoms with E-state index in [1.54, 1.807) is 0 Å². The molecular weight excluding hydrogens is 522 g/mol. The monoisotopic (exact) mass is 570 g/mol. The molecule has 1 rings (SSSR count). The van der Waals surface area contributed by atoms with Gasteiger partial charge in [0.15, 0.2) is 0 Å². The molecule has 0 heterocycles. The van der Waals surface area contributed by atoms with Crippen molar-refractivity contribution in [3.05, 3.63) is 35.1 Å². The van der Waals surface area contributed by atoms with Crippen LogP contribution in [-0.4, -0.2) is 34.9 Å². The van der Waals surface area contributed by atoms with Gasteiger partial charge in [0, 0.05) is 13.0 Å². The number of phosphoric acid groups is 1. The third kappa shape index (κ3) is 20.7. The zero-order valence-electron chi connectivity index (χ0n) is 23.5. The third-order valence-electron chi connectivity index (χ3n) is 6.54. The lowest BCUT2D eigenvalue weighted by Gasteiger charge is -2.19. The Labute approximate surface area is 233 Å². The van der Waals surface area contributed by atoms with Crippen LogP contribution < -0.4 is 5.32 Å². The van der Waals surface area contributed by atoms with E-state index in [1.165, 1.54) is 89.2 Å². The maximum absolute atomic E-state index is 13.6. The van der Waals surface area contributed by atoms with Crippen molar-refractivity contribution in [3.63, 3.8) is 0 Å². The Balaban J connectivity index is 2.18. The van der Waals surface area contributed by atoms with Gasteiger partial charge in [-0.05, 0) is 30.2 Å². The van der Waals surface area contributed by atoms with E-state index in [-0.39, 0.29) is 24.6 Å². The number of rotatable bonds is 24. The van der Waals surface area contributed by atoms with Crippen molar-refractivity contribution < 1.29 is 32.8 Å². The quantitative estimate of drug-likeness (QED) is 0.0895. The average molecular weight is 571 g/mol. The van der Waals surface area contributed by atoms with Crippen molar-refractivity contribution in [2.24, 2.45) is 0 Å². The molecule has 0 radical (unpaired) electrons. The molecule has 0 fully saturated rings. The predicted octanol–water partition coefficient (Wildman–Crippen LogP) is 7.07. The largest absolute Gasteiger partial charge is 0.469 e. The topological polar surface area (TPSA) is 129 Å². The molecule has 0 saturated carbocycles. The molecule has 0 aliphatic carbocycles. The van der Waals surface area contributed by atoms with Crippen molar-refractivity contribution in [3.8, 4) is 6.07 Å². The molecule has 8 nitrogen and oxygen atoms in total. The van der Waals surface area contributed by atoms with E-state index in [0.717, 1.165) is 25.3 Å². The molecule has 0 bridgehead atoms. The molecular formula is C29H48FN2O6P. The van der Waals surface area contributed by atoms with Gasteiger partial charge in [0.1, 0.15) is 5.82 Å². The number of unbranched alkanes of at least 4 members (excludes halogenated alkanes) is 14. The highest BCUT2D eigenvalue weighted by molar-refractivity contribution is 7.46. The lowest BCUT2D eigenvalue weighted by atomic mass is 10.0. The minimum atomic E-state index is -4.73. The highest BCUT2D eigenvalue weighted by Crippen LogP contribution is 2.35. The Morgan fingerprint density at radius 2 is 1.49 bits per heavy atom. The van der Waals surface area contributed by atoms with Crippen molar-refractivity contribution in [2.45, 2.75) is 122 Å². The van der Waals surface area contributed by atoms with Crippen molar-refractivity contribution >= 4 is 13.7 Å². The SMILES string of the molecule is CCCCCCCCCCCCCCCCCC(=O)NC[C@H](COP(=O)(O)O)OCc1cc(F)cc(C#N)c1. The van der Waals surface area contributed by atoms with Gasteiger partial charge in [0.25, 0.3) is 0 Å². The number of amides is 1. The summed E-state index contributed by atoms with van der Waals surface area (Å²) in [5.74, 6) is -0.764. The van der Waals surface area contributed by atoms with E-state index in [1.807, 2.05) is 6.07 Å². The Bertz CT molecular complexity index is 889. The number of nitriles is 1. The zero-order valence-corrected chi connectivity index (χ0v) is 24.4. The molecule has 0 aliphatic heterocycles. The van der Waals surface area contributed by atoms with Gasteiger partial charge in [-0.1, -0.05) is 96.8 Å². The minimum Gasteiger partial charge on any atom is -0.369 e. The van der Waals surface area contributed by atoms with Crippen molar-refractivity contribution in [1.29, 1.82) is 5.26 Å². The molecule has 0 spiro atoms. The first-order chi connectivity index (χ1) is 18.7.